The van der Waals surface area contributed by atoms with Crippen molar-refractivity contribution < 1.29 is 0 Å². The molecule has 0 atom stereocenters. The van der Waals surface area contributed by atoms with Gasteiger partial charge in [-0.1, -0.05) is 36.4 Å². The number of hydrogen-bond acceptors (Lipinski definition) is 2. The van der Waals surface area contributed by atoms with Gasteiger partial charge in [-0.25, -0.2) is 4.68 Å². The molecule has 1 aromatic heterocycles. The van der Waals surface area contributed by atoms with Crippen molar-refractivity contribution in [3.05, 3.63) is 78.6 Å². The third kappa shape index (κ3) is 3.06. The highest BCUT2D eigenvalue weighted by Crippen LogP contribution is 2.14. The lowest BCUT2D eigenvalue weighted by Crippen LogP contribution is -2.05. The summed E-state index contributed by atoms with van der Waals surface area (Å²) in [5.41, 5.74) is 3.54. The fraction of sp³-hybridized carbons (Fsp3) is 0.118. The summed E-state index contributed by atoms with van der Waals surface area (Å²) in [6, 6.07) is 20.7. The first-order chi connectivity index (χ1) is 9.92. The maximum Gasteiger partial charge on any atom is 0.0666 e. The molecule has 0 aliphatic heterocycles. The lowest BCUT2D eigenvalue weighted by Gasteiger charge is -2.08. The monoisotopic (exact) mass is 263 g/mol. The normalized spacial score (nSPS) is 10.4. The zero-order valence-corrected chi connectivity index (χ0v) is 11.2. The Labute approximate surface area is 118 Å². The Morgan fingerprint density at radius 3 is 2.65 bits per heavy atom. The van der Waals surface area contributed by atoms with E-state index in [0.29, 0.717) is 0 Å². The molecule has 2 aromatic carbocycles. The predicted octanol–water partition coefficient (Wildman–Crippen LogP) is 3.53. The molecule has 3 heteroatoms. The fourth-order valence-electron chi connectivity index (χ4n) is 2.18. The minimum atomic E-state index is 0.923. The van der Waals surface area contributed by atoms with E-state index in [9.17, 15) is 0 Å². The minimum Gasteiger partial charge on any atom is -0.385 e. The SMILES string of the molecule is c1ccc(CCNc2cccc(-n3cccn3)c2)cc1. The number of hydrogen-bond donors (Lipinski definition) is 1. The third-order valence-corrected chi connectivity index (χ3v) is 3.20. The molecule has 3 nitrogen and oxygen atoms in total. The highest BCUT2D eigenvalue weighted by atomic mass is 15.3. The lowest BCUT2D eigenvalue weighted by molar-refractivity contribution is 0.880. The average Bonchev–Trinajstić information content (AvgIpc) is 3.03. The van der Waals surface area contributed by atoms with Gasteiger partial charge in [0.1, 0.15) is 0 Å². The van der Waals surface area contributed by atoms with E-state index in [0.717, 1.165) is 24.3 Å². The Balaban J connectivity index is 1.62. The minimum absolute atomic E-state index is 0.923. The smallest absolute Gasteiger partial charge is 0.0666 e. The van der Waals surface area contributed by atoms with E-state index in [1.807, 2.05) is 29.1 Å². The van der Waals surface area contributed by atoms with Gasteiger partial charge in [-0.2, -0.15) is 5.10 Å². The Bertz CT molecular complexity index is 645. The van der Waals surface area contributed by atoms with Gasteiger partial charge in [-0.15, -0.1) is 0 Å². The molecule has 0 aliphatic carbocycles. The first kappa shape index (κ1) is 12.5. The summed E-state index contributed by atoms with van der Waals surface area (Å²) < 4.78 is 1.86. The van der Waals surface area contributed by atoms with Crippen LogP contribution >= 0.6 is 0 Å². The van der Waals surface area contributed by atoms with Crippen LogP contribution in [-0.2, 0) is 6.42 Å². The van der Waals surface area contributed by atoms with E-state index in [1.54, 1.807) is 6.20 Å². The van der Waals surface area contributed by atoms with Gasteiger partial charge in [0.25, 0.3) is 0 Å². The molecule has 1 N–H and O–H groups in total. The van der Waals surface area contributed by atoms with Crippen LogP contribution in [0, 0.1) is 0 Å². The standard InChI is InChI=1S/C17H17N3/c1-2-6-15(7-3-1)10-12-18-16-8-4-9-17(14-16)20-13-5-11-19-20/h1-9,11,13-14,18H,10,12H2. The maximum absolute atomic E-state index is 4.24. The van der Waals surface area contributed by atoms with Crippen LogP contribution in [0.5, 0.6) is 0 Å². The number of nitrogens with one attached hydrogen (secondary N) is 1. The van der Waals surface area contributed by atoms with Crippen molar-refractivity contribution in [1.82, 2.24) is 9.78 Å². The third-order valence-electron chi connectivity index (χ3n) is 3.20. The molecule has 0 saturated carbocycles. The average molecular weight is 263 g/mol. The number of rotatable bonds is 5. The highest BCUT2D eigenvalue weighted by Gasteiger charge is 1.98. The molecular formula is C17H17N3. The molecule has 1 heterocycles. The second-order valence-electron chi connectivity index (χ2n) is 4.66. The van der Waals surface area contributed by atoms with Crippen LogP contribution in [0.4, 0.5) is 5.69 Å². The Morgan fingerprint density at radius 2 is 1.85 bits per heavy atom. The maximum atomic E-state index is 4.24. The van der Waals surface area contributed by atoms with Crippen molar-refractivity contribution >= 4 is 5.69 Å². The topological polar surface area (TPSA) is 29.9 Å². The molecule has 0 amide bonds. The van der Waals surface area contributed by atoms with E-state index < -0.39 is 0 Å². The summed E-state index contributed by atoms with van der Waals surface area (Å²) in [6.07, 6.45) is 4.76. The zero-order chi connectivity index (χ0) is 13.6. The van der Waals surface area contributed by atoms with Crippen molar-refractivity contribution in [1.29, 1.82) is 0 Å². The molecule has 0 spiro atoms. The molecule has 0 fully saturated rings. The number of aromatic nitrogens is 2. The van der Waals surface area contributed by atoms with Crippen LogP contribution in [0.3, 0.4) is 0 Å². The molecule has 3 rings (SSSR count). The summed E-state index contributed by atoms with van der Waals surface area (Å²) in [5.74, 6) is 0. The quantitative estimate of drug-likeness (QED) is 0.763. The molecule has 0 radical (unpaired) electrons. The molecule has 0 saturated heterocycles. The van der Waals surface area contributed by atoms with Crippen LogP contribution in [0.25, 0.3) is 5.69 Å². The second-order valence-corrected chi connectivity index (χ2v) is 4.66. The summed E-state index contributed by atoms with van der Waals surface area (Å²) in [6.45, 7) is 0.923. The summed E-state index contributed by atoms with van der Waals surface area (Å²) in [5, 5.41) is 7.70. The molecule has 0 aliphatic rings. The molecule has 0 bridgehead atoms. The van der Waals surface area contributed by atoms with Crippen LogP contribution in [-0.4, -0.2) is 16.3 Å². The van der Waals surface area contributed by atoms with Crippen LogP contribution in [0.1, 0.15) is 5.56 Å². The summed E-state index contributed by atoms with van der Waals surface area (Å²) in [7, 11) is 0. The lowest BCUT2D eigenvalue weighted by atomic mass is 10.1. The Morgan fingerprint density at radius 1 is 0.950 bits per heavy atom. The van der Waals surface area contributed by atoms with E-state index in [4.69, 9.17) is 0 Å². The van der Waals surface area contributed by atoms with Crippen LogP contribution in [0.2, 0.25) is 0 Å². The second kappa shape index (κ2) is 6.06. The van der Waals surface area contributed by atoms with Crippen molar-refractivity contribution in [2.45, 2.75) is 6.42 Å². The highest BCUT2D eigenvalue weighted by molar-refractivity contribution is 5.50. The van der Waals surface area contributed by atoms with Gasteiger partial charge in [-0.3, -0.25) is 0 Å². The molecular weight excluding hydrogens is 246 g/mol. The largest absolute Gasteiger partial charge is 0.385 e. The molecule has 100 valence electrons. The van der Waals surface area contributed by atoms with Gasteiger partial charge in [0.2, 0.25) is 0 Å². The Hall–Kier alpha value is -2.55. The van der Waals surface area contributed by atoms with E-state index in [-0.39, 0.29) is 0 Å². The van der Waals surface area contributed by atoms with E-state index in [1.165, 1.54) is 5.56 Å². The van der Waals surface area contributed by atoms with Gasteiger partial charge >= 0.3 is 0 Å². The van der Waals surface area contributed by atoms with Gasteiger partial charge < -0.3 is 5.32 Å². The van der Waals surface area contributed by atoms with Crippen molar-refractivity contribution in [3.8, 4) is 5.69 Å². The number of benzene rings is 2. The van der Waals surface area contributed by atoms with Gasteiger partial charge in [-0.05, 0) is 36.2 Å². The van der Waals surface area contributed by atoms with E-state index >= 15 is 0 Å². The van der Waals surface area contributed by atoms with Crippen molar-refractivity contribution in [2.75, 3.05) is 11.9 Å². The van der Waals surface area contributed by atoms with E-state index in [2.05, 4.69) is 52.9 Å². The zero-order valence-electron chi connectivity index (χ0n) is 11.2. The predicted molar refractivity (Wildman–Crippen MR) is 82.2 cm³/mol. The fourth-order valence-corrected chi connectivity index (χ4v) is 2.18. The molecule has 20 heavy (non-hydrogen) atoms. The summed E-state index contributed by atoms with van der Waals surface area (Å²) in [4.78, 5) is 0. The summed E-state index contributed by atoms with van der Waals surface area (Å²) >= 11 is 0. The molecule has 3 aromatic rings. The molecule has 0 unspecified atom stereocenters. The first-order valence-electron chi connectivity index (χ1n) is 6.80. The van der Waals surface area contributed by atoms with Crippen molar-refractivity contribution in [3.63, 3.8) is 0 Å². The van der Waals surface area contributed by atoms with Crippen LogP contribution in [0.15, 0.2) is 73.1 Å². The number of anilines is 1. The van der Waals surface area contributed by atoms with Crippen LogP contribution < -0.4 is 5.32 Å². The first-order valence-corrected chi connectivity index (χ1v) is 6.80. The number of nitrogens with zero attached hydrogens (tertiary/aromatic N) is 2. The van der Waals surface area contributed by atoms with Gasteiger partial charge in [0, 0.05) is 24.6 Å². The van der Waals surface area contributed by atoms with Gasteiger partial charge in [0.05, 0.1) is 5.69 Å². The van der Waals surface area contributed by atoms with Crippen molar-refractivity contribution in [2.24, 2.45) is 0 Å². The Kier molecular flexibility index (Phi) is 3.78. The van der Waals surface area contributed by atoms with Gasteiger partial charge in [0.15, 0.2) is 0 Å².